The zero-order chi connectivity index (χ0) is 21.5. The first kappa shape index (κ1) is 20.9. The Kier molecular flexibility index (Phi) is 6.69. The van der Waals surface area contributed by atoms with E-state index in [1.165, 1.54) is 14.0 Å². The number of aromatic nitrogens is 1. The van der Waals surface area contributed by atoms with E-state index in [1.807, 2.05) is 24.3 Å². The number of para-hydroxylation sites is 1. The molecule has 30 heavy (non-hydrogen) atoms. The zero-order valence-electron chi connectivity index (χ0n) is 16.0. The van der Waals surface area contributed by atoms with Crippen molar-refractivity contribution in [2.45, 2.75) is 6.92 Å². The van der Waals surface area contributed by atoms with E-state index < -0.39 is 5.56 Å². The van der Waals surface area contributed by atoms with Crippen molar-refractivity contribution in [1.82, 2.24) is 4.57 Å². The van der Waals surface area contributed by atoms with Gasteiger partial charge in [-0.25, -0.2) is 0 Å². The van der Waals surface area contributed by atoms with Crippen molar-refractivity contribution in [2.75, 3.05) is 0 Å². The van der Waals surface area contributed by atoms with Gasteiger partial charge < -0.3 is 14.2 Å². The van der Waals surface area contributed by atoms with E-state index in [0.29, 0.717) is 29.5 Å². The largest absolute Gasteiger partial charge is 0.493 e. The Morgan fingerprint density at radius 2 is 1.83 bits per heavy atom. The molecule has 152 valence electrons. The molecule has 1 N–H and O–H groups in total. The first-order valence-electron chi connectivity index (χ1n) is 8.58. The molecule has 0 atom stereocenters. The Morgan fingerprint density at radius 3 is 2.57 bits per heavy atom. The molecule has 0 unspecified atom stereocenters. The van der Waals surface area contributed by atoms with Gasteiger partial charge in [0.15, 0.2) is 11.4 Å². The normalized spacial score (nSPS) is 10.7. The third kappa shape index (κ3) is 4.78. The van der Waals surface area contributed by atoms with Crippen molar-refractivity contribution in [3.05, 3.63) is 76.1 Å². The van der Waals surface area contributed by atoms with E-state index in [1.54, 1.807) is 36.4 Å². The summed E-state index contributed by atoms with van der Waals surface area (Å²) in [5.41, 5.74) is -0.00153. The number of nitriles is 1. The van der Waals surface area contributed by atoms with Gasteiger partial charge in [0.1, 0.15) is 17.4 Å². The van der Waals surface area contributed by atoms with Gasteiger partial charge in [-0.05, 0) is 31.2 Å². The standard InChI is InChI=1S/C20H16N4O5S/c1-13-17(12-21)19(25)24(2)20(26)18(13)23-22-14-7-6-10-16(11-14)28-30-29-27-15-8-4-3-5-9-15/h3-11,26H,1-2H3/b23-22+. The molecule has 10 heteroatoms. The number of hydrogen-bond donors (Lipinski definition) is 1. The summed E-state index contributed by atoms with van der Waals surface area (Å²) in [6.45, 7) is 1.52. The SMILES string of the molecule is Cc1c(/N=N/c2cccc(OSOOc3ccccc3)c2)c(O)n(C)c(=O)c1C#N. The van der Waals surface area contributed by atoms with Gasteiger partial charge in [-0.3, -0.25) is 9.36 Å². The topological polar surface area (TPSA) is 118 Å². The molecule has 3 rings (SSSR count). The minimum absolute atomic E-state index is 0.0361. The van der Waals surface area contributed by atoms with Gasteiger partial charge in [0.25, 0.3) is 17.9 Å². The summed E-state index contributed by atoms with van der Waals surface area (Å²) in [5, 5.41) is 27.4. The number of nitrogens with zero attached hydrogens (tertiary/aromatic N) is 4. The lowest BCUT2D eigenvalue weighted by molar-refractivity contribution is -0.0833. The molecule has 0 amide bonds. The zero-order valence-corrected chi connectivity index (χ0v) is 16.8. The van der Waals surface area contributed by atoms with Gasteiger partial charge in [0.05, 0.1) is 5.69 Å². The van der Waals surface area contributed by atoms with Crippen molar-refractivity contribution >= 4 is 23.7 Å². The molecule has 9 nitrogen and oxygen atoms in total. The summed E-state index contributed by atoms with van der Waals surface area (Å²) >= 11 is 0.629. The smallest absolute Gasteiger partial charge is 0.271 e. The highest BCUT2D eigenvalue weighted by atomic mass is 32.2. The Balaban J connectivity index is 1.70. The second-order valence-corrected chi connectivity index (χ2v) is 6.40. The molecule has 0 aliphatic heterocycles. The van der Waals surface area contributed by atoms with Gasteiger partial charge >= 0.3 is 0 Å². The molecule has 0 saturated heterocycles. The van der Waals surface area contributed by atoms with E-state index in [-0.39, 0.29) is 22.7 Å². The van der Waals surface area contributed by atoms with Crippen LogP contribution >= 0.6 is 12.3 Å². The fourth-order valence-corrected chi connectivity index (χ4v) is 2.72. The average molecular weight is 424 g/mol. The fraction of sp³-hybridized carbons (Fsp3) is 0.100. The van der Waals surface area contributed by atoms with Crippen LogP contribution in [0.2, 0.25) is 0 Å². The summed E-state index contributed by atoms with van der Waals surface area (Å²) in [6, 6.07) is 17.4. The second-order valence-electron chi connectivity index (χ2n) is 5.96. The van der Waals surface area contributed by atoms with Gasteiger partial charge in [0, 0.05) is 18.7 Å². The van der Waals surface area contributed by atoms with Crippen molar-refractivity contribution in [1.29, 1.82) is 5.26 Å². The molecule has 0 fully saturated rings. The predicted molar refractivity (Wildman–Crippen MR) is 110 cm³/mol. The molecule has 1 heterocycles. The summed E-state index contributed by atoms with van der Waals surface area (Å²) in [4.78, 5) is 17.0. The minimum atomic E-state index is -0.600. The van der Waals surface area contributed by atoms with Gasteiger partial charge in [-0.15, -0.1) is 5.11 Å². The minimum Gasteiger partial charge on any atom is -0.493 e. The molecule has 2 aromatic carbocycles. The number of aromatic hydroxyl groups is 1. The third-order valence-corrected chi connectivity index (χ3v) is 4.39. The van der Waals surface area contributed by atoms with Crippen molar-refractivity contribution in [3.8, 4) is 23.4 Å². The second kappa shape index (κ2) is 9.60. The third-order valence-electron chi connectivity index (χ3n) is 4.00. The first-order valence-corrected chi connectivity index (χ1v) is 9.25. The Hall–Kier alpha value is -3.81. The molecule has 0 aliphatic carbocycles. The molecule has 0 aliphatic rings. The molecular formula is C20H16N4O5S. The van der Waals surface area contributed by atoms with Gasteiger partial charge in [-0.2, -0.15) is 10.4 Å². The number of hydrogen-bond acceptors (Lipinski definition) is 9. The summed E-state index contributed by atoms with van der Waals surface area (Å²) in [7, 11) is 1.35. The number of azo groups is 1. The predicted octanol–water partition coefficient (Wildman–Crippen LogP) is 4.64. The lowest BCUT2D eigenvalue weighted by Crippen LogP contribution is -2.20. The van der Waals surface area contributed by atoms with Crippen LogP contribution in [-0.2, 0) is 11.4 Å². The average Bonchev–Trinajstić information content (AvgIpc) is 2.77. The maximum absolute atomic E-state index is 12.0. The number of benzene rings is 2. The summed E-state index contributed by atoms with van der Waals surface area (Å²) in [5.74, 6) is 0.572. The molecular weight excluding hydrogens is 408 g/mol. The van der Waals surface area contributed by atoms with E-state index in [9.17, 15) is 15.2 Å². The molecule has 0 radical (unpaired) electrons. The molecule has 0 saturated carbocycles. The first-order chi connectivity index (χ1) is 14.5. The van der Waals surface area contributed by atoms with E-state index in [4.69, 9.17) is 13.4 Å². The maximum atomic E-state index is 12.0. The fourth-order valence-electron chi connectivity index (χ4n) is 2.41. The van der Waals surface area contributed by atoms with Crippen LogP contribution in [0.1, 0.15) is 11.1 Å². The van der Waals surface area contributed by atoms with Gasteiger partial charge in [0.2, 0.25) is 5.88 Å². The highest BCUT2D eigenvalue weighted by molar-refractivity contribution is 7.90. The van der Waals surface area contributed by atoms with Crippen molar-refractivity contribution in [2.24, 2.45) is 17.3 Å². The van der Waals surface area contributed by atoms with E-state index in [2.05, 4.69) is 10.2 Å². The highest BCUT2D eigenvalue weighted by Gasteiger charge is 2.17. The quantitative estimate of drug-likeness (QED) is 0.193. The van der Waals surface area contributed by atoms with Crippen LogP contribution in [0.3, 0.4) is 0 Å². The summed E-state index contributed by atoms with van der Waals surface area (Å²) < 4.78 is 11.2. The molecule has 0 bridgehead atoms. The Labute approximate surface area is 176 Å². The van der Waals surface area contributed by atoms with Crippen LogP contribution in [-0.4, -0.2) is 9.67 Å². The monoisotopic (exact) mass is 424 g/mol. The van der Waals surface area contributed by atoms with Crippen LogP contribution in [0.5, 0.6) is 17.4 Å². The van der Waals surface area contributed by atoms with E-state index >= 15 is 0 Å². The van der Waals surface area contributed by atoms with Gasteiger partial charge in [-0.1, -0.05) is 28.6 Å². The highest BCUT2D eigenvalue weighted by Crippen LogP contribution is 2.32. The Bertz CT molecular complexity index is 1170. The van der Waals surface area contributed by atoms with Crippen LogP contribution in [0.15, 0.2) is 69.6 Å². The molecule has 0 spiro atoms. The van der Waals surface area contributed by atoms with E-state index in [0.717, 1.165) is 4.57 Å². The molecule has 3 aromatic rings. The summed E-state index contributed by atoms with van der Waals surface area (Å²) in [6.07, 6.45) is 0. The van der Waals surface area contributed by atoms with Crippen LogP contribution < -0.4 is 14.6 Å². The van der Waals surface area contributed by atoms with Crippen LogP contribution in [0.25, 0.3) is 0 Å². The lowest BCUT2D eigenvalue weighted by Gasteiger charge is -2.08. The van der Waals surface area contributed by atoms with Crippen molar-refractivity contribution < 1.29 is 18.5 Å². The maximum Gasteiger partial charge on any atom is 0.271 e. The van der Waals surface area contributed by atoms with Crippen LogP contribution in [0.4, 0.5) is 11.4 Å². The number of pyridine rings is 1. The lowest BCUT2D eigenvalue weighted by atomic mass is 10.1. The molecule has 1 aromatic heterocycles. The number of rotatable bonds is 7. The van der Waals surface area contributed by atoms with Crippen LogP contribution in [0, 0.1) is 18.3 Å². The Morgan fingerprint density at radius 1 is 1.10 bits per heavy atom. The van der Waals surface area contributed by atoms with Crippen molar-refractivity contribution in [3.63, 3.8) is 0 Å².